The second-order valence-electron chi connectivity index (χ2n) is 3.13. The number of nitrogens with zero attached hydrogens (tertiary/aromatic N) is 1. The molecule has 1 heterocycles. The molecule has 0 saturated heterocycles. The number of hydrogen-bond acceptors (Lipinski definition) is 2. The summed E-state index contributed by atoms with van der Waals surface area (Å²) in [6, 6.07) is 0. The lowest BCUT2D eigenvalue weighted by molar-refractivity contribution is 0.107. The standard InChI is InChI=1S/C9H16FNO/c1-2-3-4-5-9-8(10)6-7-12-11-9/h8H,2-7H2,1H3. The highest BCUT2D eigenvalue weighted by Gasteiger charge is 2.18. The van der Waals surface area contributed by atoms with Gasteiger partial charge >= 0.3 is 0 Å². The topological polar surface area (TPSA) is 21.6 Å². The van der Waals surface area contributed by atoms with Crippen LogP contribution in [0.3, 0.4) is 0 Å². The molecule has 1 unspecified atom stereocenters. The fourth-order valence-electron chi connectivity index (χ4n) is 1.27. The molecule has 1 aliphatic rings. The Bertz CT molecular complexity index is 159. The molecule has 0 aromatic rings. The van der Waals surface area contributed by atoms with Crippen molar-refractivity contribution in [2.75, 3.05) is 6.61 Å². The Morgan fingerprint density at radius 3 is 3.08 bits per heavy atom. The molecule has 0 aromatic carbocycles. The van der Waals surface area contributed by atoms with Gasteiger partial charge in [-0.15, -0.1) is 0 Å². The molecule has 0 spiro atoms. The van der Waals surface area contributed by atoms with Gasteiger partial charge in [0, 0.05) is 6.42 Å². The van der Waals surface area contributed by atoms with Crippen molar-refractivity contribution in [2.45, 2.75) is 45.2 Å². The second kappa shape index (κ2) is 5.12. The molecule has 0 aliphatic carbocycles. The zero-order valence-electron chi connectivity index (χ0n) is 7.55. The summed E-state index contributed by atoms with van der Waals surface area (Å²) < 4.78 is 13.1. The molecular weight excluding hydrogens is 157 g/mol. The molecular formula is C9H16FNO. The highest BCUT2D eigenvalue weighted by molar-refractivity contribution is 5.88. The fraction of sp³-hybridized carbons (Fsp3) is 0.889. The lowest BCUT2D eigenvalue weighted by atomic mass is 10.1. The normalized spacial score (nSPS) is 23.2. The zero-order chi connectivity index (χ0) is 8.81. The molecule has 1 aliphatic heterocycles. The molecule has 1 atom stereocenters. The molecule has 0 bridgehead atoms. The molecule has 0 fully saturated rings. The number of oxime groups is 1. The molecule has 0 aromatic heterocycles. The number of unbranched alkanes of at least 4 members (excludes halogenated alkanes) is 2. The van der Waals surface area contributed by atoms with E-state index in [1.165, 1.54) is 0 Å². The summed E-state index contributed by atoms with van der Waals surface area (Å²) in [6.45, 7) is 2.56. The third kappa shape index (κ3) is 2.80. The molecule has 0 radical (unpaired) electrons. The molecule has 0 amide bonds. The van der Waals surface area contributed by atoms with Crippen LogP contribution in [0.25, 0.3) is 0 Å². The summed E-state index contributed by atoms with van der Waals surface area (Å²) in [5.74, 6) is 0. The maximum atomic E-state index is 13.1. The average molecular weight is 173 g/mol. The minimum absolute atomic E-state index is 0.429. The van der Waals surface area contributed by atoms with Crippen molar-refractivity contribution in [3.05, 3.63) is 0 Å². The van der Waals surface area contributed by atoms with Crippen LogP contribution >= 0.6 is 0 Å². The Hall–Kier alpha value is -0.600. The zero-order valence-corrected chi connectivity index (χ0v) is 7.55. The van der Waals surface area contributed by atoms with Crippen molar-refractivity contribution in [3.8, 4) is 0 Å². The van der Waals surface area contributed by atoms with E-state index in [0.29, 0.717) is 18.7 Å². The van der Waals surface area contributed by atoms with Gasteiger partial charge in [-0.2, -0.15) is 0 Å². The second-order valence-corrected chi connectivity index (χ2v) is 3.13. The van der Waals surface area contributed by atoms with Crippen LogP contribution in [0.15, 0.2) is 5.16 Å². The van der Waals surface area contributed by atoms with Crippen molar-refractivity contribution in [2.24, 2.45) is 5.16 Å². The van der Waals surface area contributed by atoms with E-state index in [1.807, 2.05) is 0 Å². The third-order valence-corrected chi connectivity index (χ3v) is 2.04. The van der Waals surface area contributed by atoms with Crippen LogP contribution in [0.4, 0.5) is 4.39 Å². The van der Waals surface area contributed by atoms with E-state index in [-0.39, 0.29) is 0 Å². The van der Waals surface area contributed by atoms with Crippen LogP contribution in [0.5, 0.6) is 0 Å². The van der Waals surface area contributed by atoms with E-state index in [9.17, 15) is 4.39 Å². The molecule has 12 heavy (non-hydrogen) atoms. The predicted molar refractivity (Wildman–Crippen MR) is 47.0 cm³/mol. The van der Waals surface area contributed by atoms with E-state index < -0.39 is 6.17 Å². The summed E-state index contributed by atoms with van der Waals surface area (Å²) in [5.41, 5.74) is 0.606. The van der Waals surface area contributed by atoms with Crippen molar-refractivity contribution in [1.82, 2.24) is 0 Å². The van der Waals surface area contributed by atoms with Gasteiger partial charge in [0.05, 0.1) is 5.71 Å². The van der Waals surface area contributed by atoms with Crippen molar-refractivity contribution in [1.29, 1.82) is 0 Å². The molecule has 3 heteroatoms. The van der Waals surface area contributed by atoms with Crippen LogP contribution in [0.1, 0.15) is 39.0 Å². The first-order valence-corrected chi connectivity index (χ1v) is 4.67. The van der Waals surface area contributed by atoms with Crippen LogP contribution in [0.2, 0.25) is 0 Å². The summed E-state index contributed by atoms with van der Waals surface area (Å²) in [4.78, 5) is 4.83. The molecule has 1 rings (SSSR count). The Labute approximate surface area is 72.8 Å². The minimum Gasteiger partial charge on any atom is -0.396 e. The van der Waals surface area contributed by atoms with Crippen molar-refractivity contribution < 1.29 is 9.23 Å². The van der Waals surface area contributed by atoms with Crippen molar-refractivity contribution in [3.63, 3.8) is 0 Å². The quantitative estimate of drug-likeness (QED) is 0.599. The largest absolute Gasteiger partial charge is 0.396 e. The Morgan fingerprint density at radius 1 is 1.58 bits per heavy atom. The Balaban J connectivity index is 2.24. The smallest absolute Gasteiger partial charge is 0.145 e. The van der Waals surface area contributed by atoms with Gasteiger partial charge in [-0.3, -0.25) is 0 Å². The monoisotopic (exact) mass is 173 g/mol. The first-order chi connectivity index (χ1) is 5.84. The minimum atomic E-state index is -0.851. The van der Waals surface area contributed by atoms with E-state index in [2.05, 4.69) is 12.1 Å². The van der Waals surface area contributed by atoms with Gasteiger partial charge in [-0.05, 0) is 12.8 Å². The highest BCUT2D eigenvalue weighted by atomic mass is 19.1. The average Bonchev–Trinajstić information content (AvgIpc) is 2.09. The van der Waals surface area contributed by atoms with Gasteiger partial charge in [0.1, 0.15) is 12.8 Å². The van der Waals surface area contributed by atoms with Crippen LogP contribution < -0.4 is 0 Å². The molecule has 2 nitrogen and oxygen atoms in total. The van der Waals surface area contributed by atoms with Gasteiger partial charge in [0.2, 0.25) is 0 Å². The van der Waals surface area contributed by atoms with Gasteiger partial charge in [-0.1, -0.05) is 24.9 Å². The van der Waals surface area contributed by atoms with Gasteiger partial charge < -0.3 is 4.84 Å². The highest BCUT2D eigenvalue weighted by Crippen LogP contribution is 2.13. The summed E-state index contributed by atoms with van der Waals surface area (Å²) >= 11 is 0. The van der Waals surface area contributed by atoms with E-state index in [4.69, 9.17) is 4.84 Å². The molecule has 0 saturated carbocycles. The number of hydrogen-bond donors (Lipinski definition) is 0. The van der Waals surface area contributed by atoms with Crippen LogP contribution in [-0.2, 0) is 4.84 Å². The lowest BCUT2D eigenvalue weighted by Crippen LogP contribution is -2.22. The van der Waals surface area contributed by atoms with E-state index >= 15 is 0 Å². The lowest BCUT2D eigenvalue weighted by Gasteiger charge is -2.15. The van der Waals surface area contributed by atoms with E-state index in [1.54, 1.807) is 0 Å². The third-order valence-electron chi connectivity index (χ3n) is 2.04. The van der Waals surface area contributed by atoms with Gasteiger partial charge in [-0.25, -0.2) is 4.39 Å². The summed E-state index contributed by atoms with van der Waals surface area (Å²) in [5, 5.41) is 3.72. The first-order valence-electron chi connectivity index (χ1n) is 4.67. The number of halogens is 1. The molecule has 0 N–H and O–H groups in total. The summed E-state index contributed by atoms with van der Waals surface area (Å²) in [7, 11) is 0. The first kappa shape index (κ1) is 9.49. The van der Waals surface area contributed by atoms with Crippen LogP contribution in [-0.4, -0.2) is 18.5 Å². The number of alkyl halides is 1. The van der Waals surface area contributed by atoms with Gasteiger partial charge in [0.15, 0.2) is 0 Å². The summed E-state index contributed by atoms with van der Waals surface area (Å²) in [6.07, 6.45) is 3.71. The number of rotatable bonds is 4. The van der Waals surface area contributed by atoms with E-state index in [0.717, 1.165) is 25.7 Å². The maximum absolute atomic E-state index is 13.1. The van der Waals surface area contributed by atoms with Gasteiger partial charge in [0.25, 0.3) is 0 Å². The Morgan fingerprint density at radius 2 is 2.42 bits per heavy atom. The Kier molecular flexibility index (Phi) is 4.05. The molecule has 70 valence electrons. The van der Waals surface area contributed by atoms with Crippen LogP contribution in [0, 0.1) is 0 Å². The fourth-order valence-corrected chi connectivity index (χ4v) is 1.27. The predicted octanol–water partition coefficient (Wildman–Crippen LogP) is 2.68. The van der Waals surface area contributed by atoms with Crippen molar-refractivity contribution >= 4 is 5.71 Å². The maximum Gasteiger partial charge on any atom is 0.145 e. The SMILES string of the molecule is CCCCCC1=NOCCC1F.